The smallest absolute Gasteiger partial charge is 0.162 e. The van der Waals surface area contributed by atoms with Crippen molar-refractivity contribution in [3.05, 3.63) is 52.7 Å². The van der Waals surface area contributed by atoms with Gasteiger partial charge in [-0.15, -0.1) is 5.10 Å². The van der Waals surface area contributed by atoms with Crippen LogP contribution in [-0.4, -0.2) is 23.1 Å². The number of hydrogen-bond donors (Lipinski definition) is 2. The van der Waals surface area contributed by atoms with E-state index in [1.165, 1.54) is 6.20 Å². The number of benzene rings is 1. The molecular weight excluding hydrogens is 274 g/mol. The van der Waals surface area contributed by atoms with Gasteiger partial charge in [0.05, 0.1) is 17.8 Å². The molecule has 1 unspecified atom stereocenters. The molecule has 0 saturated heterocycles. The van der Waals surface area contributed by atoms with Crippen LogP contribution in [0.25, 0.3) is 0 Å². The third kappa shape index (κ3) is 2.72. The van der Waals surface area contributed by atoms with Gasteiger partial charge in [-0.3, -0.25) is 5.41 Å². The number of nitrogens with two attached hydrogens (primary N) is 1. The van der Waals surface area contributed by atoms with Gasteiger partial charge >= 0.3 is 0 Å². The van der Waals surface area contributed by atoms with E-state index in [1.54, 1.807) is 6.07 Å². The third-order valence-electron chi connectivity index (χ3n) is 3.26. The van der Waals surface area contributed by atoms with Crippen molar-refractivity contribution in [1.82, 2.24) is 10.2 Å². The summed E-state index contributed by atoms with van der Waals surface area (Å²) >= 11 is 6.22. The quantitative estimate of drug-likeness (QED) is 0.670. The number of nitrogens with zero attached hydrogens (tertiary/aromatic N) is 3. The number of halogens is 1. The highest BCUT2D eigenvalue weighted by atomic mass is 35.5. The van der Waals surface area contributed by atoms with E-state index in [2.05, 4.69) is 10.2 Å². The van der Waals surface area contributed by atoms with Gasteiger partial charge in [0.25, 0.3) is 0 Å². The second-order valence-corrected chi connectivity index (χ2v) is 4.90. The summed E-state index contributed by atoms with van der Waals surface area (Å²) < 4.78 is 0. The van der Waals surface area contributed by atoms with Gasteiger partial charge in [0, 0.05) is 12.1 Å². The molecule has 1 aromatic carbocycles. The molecule has 3 N–H and O–H groups in total. The van der Waals surface area contributed by atoms with Crippen molar-refractivity contribution in [2.24, 2.45) is 5.73 Å². The molecule has 0 aliphatic rings. The summed E-state index contributed by atoms with van der Waals surface area (Å²) in [6.45, 7) is 2.01. The Morgan fingerprint density at radius 1 is 1.35 bits per heavy atom. The maximum absolute atomic E-state index is 7.61. The van der Waals surface area contributed by atoms with E-state index in [4.69, 9.17) is 22.7 Å². The second kappa shape index (κ2) is 5.88. The Kier molecular flexibility index (Phi) is 4.20. The zero-order chi connectivity index (χ0) is 14.7. The van der Waals surface area contributed by atoms with Gasteiger partial charge < -0.3 is 10.6 Å². The number of nitrogen functional groups attached to an aromatic ring is 1. The average molecular weight is 290 g/mol. The van der Waals surface area contributed by atoms with Crippen LogP contribution >= 0.6 is 11.6 Å². The van der Waals surface area contributed by atoms with Crippen molar-refractivity contribution in [3.8, 4) is 0 Å². The second-order valence-electron chi connectivity index (χ2n) is 4.49. The van der Waals surface area contributed by atoms with Crippen LogP contribution in [0, 0.1) is 5.41 Å². The summed E-state index contributed by atoms with van der Waals surface area (Å²) in [5.74, 6) is 0.528. The Bertz CT molecular complexity index is 628. The van der Waals surface area contributed by atoms with Crippen LogP contribution < -0.4 is 10.6 Å². The first-order valence-corrected chi connectivity index (χ1v) is 6.53. The van der Waals surface area contributed by atoms with Gasteiger partial charge in [-0.2, -0.15) is 5.10 Å². The molecule has 0 bridgehead atoms. The molecule has 20 heavy (non-hydrogen) atoms. The third-order valence-corrected chi connectivity index (χ3v) is 3.61. The molecule has 6 heteroatoms. The van der Waals surface area contributed by atoms with E-state index in [1.807, 2.05) is 43.1 Å². The number of anilines is 1. The summed E-state index contributed by atoms with van der Waals surface area (Å²) in [7, 11) is 1.88. The summed E-state index contributed by atoms with van der Waals surface area (Å²) in [4.78, 5) is 1.91. The zero-order valence-electron chi connectivity index (χ0n) is 11.3. The summed E-state index contributed by atoms with van der Waals surface area (Å²) in [6, 6.07) is 9.31. The van der Waals surface area contributed by atoms with E-state index in [0.29, 0.717) is 16.4 Å². The number of nitrogens with one attached hydrogen (secondary N) is 1. The molecule has 0 amide bonds. The molecule has 0 aliphatic heterocycles. The average Bonchev–Trinajstić information content (AvgIpc) is 2.46. The molecule has 0 aliphatic carbocycles. The van der Waals surface area contributed by atoms with E-state index >= 15 is 0 Å². The summed E-state index contributed by atoms with van der Waals surface area (Å²) in [5.41, 5.74) is 7.12. The van der Waals surface area contributed by atoms with Gasteiger partial charge in [-0.05, 0) is 24.6 Å². The molecular formula is C14H16ClN5. The Hall–Kier alpha value is -2.14. The molecule has 1 atom stereocenters. The molecule has 0 fully saturated rings. The first-order valence-electron chi connectivity index (χ1n) is 6.15. The first kappa shape index (κ1) is 14.3. The number of amidine groups is 1. The number of rotatable bonds is 4. The standard InChI is InChI=1S/C14H16ClN5/c1-9(10-5-3-4-6-12(10)15)20(2)14-11(13(16)17)7-8-18-19-14/h3-9H,1-2H3,(H3,16,17). The fourth-order valence-corrected chi connectivity index (χ4v) is 2.29. The van der Waals surface area contributed by atoms with E-state index in [0.717, 1.165) is 5.56 Å². The van der Waals surface area contributed by atoms with Crippen molar-refractivity contribution in [1.29, 1.82) is 5.41 Å². The van der Waals surface area contributed by atoms with Gasteiger partial charge in [0.1, 0.15) is 5.84 Å². The van der Waals surface area contributed by atoms with Crippen LogP contribution in [0.1, 0.15) is 24.1 Å². The van der Waals surface area contributed by atoms with Gasteiger partial charge in [0.15, 0.2) is 5.82 Å². The lowest BCUT2D eigenvalue weighted by Gasteiger charge is -2.27. The normalized spacial score (nSPS) is 11.9. The Labute approximate surface area is 122 Å². The Morgan fingerprint density at radius 3 is 2.70 bits per heavy atom. The highest BCUT2D eigenvalue weighted by Gasteiger charge is 2.19. The largest absolute Gasteiger partial charge is 0.384 e. The molecule has 0 saturated carbocycles. The topological polar surface area (TPSA) is 78.9 Å². The van der Waals surface area contributed by atoms with Crippen LogP contribution in [0.15, 0.2) is 36.5 Å². The predicted molar refractivity (Wildman–Crippen MR) is 81.3 cm³/mol. The van der Waals surface area contributed by atoms with Crippen molar-refractivity contribution >= 4 is 23.3 Å². The van der Waals surface area contributed by atoms with Gasteiger partial charge in [0.2, 0.25) is 0 Å². The van der Waals surface area contributed by atoms with E-state index in [9.17, 15) is 0 Å². The van der Waals surface area contributed by atoms with Crippen molar-refractivity contribution in [2.75, 3.05) is 11.9 Å². The minimum absolute atomic E-state index is 0.0153. The number of aromatic nitrogens is 2. The van der Waals surface area contributed by atoms with Crippen LogP contribution in [0.4, 0.5) is 5.82 Å². The van der Waals surface area contributed by atoms with Crippen molar-refractivity contribution in [3.63, 3.8) is 0 Å². The minimum atomic E-state index is -0.0342. The number of hydrogen-bond acceptors (Lipinski definition) is 4. The lowest BCUT2D eigenvalue weighted by molar-refractivity contribution is 0.719. The summed E-state index contributed by atoms with van der Waals surface area (Å²) in [5, 5.41) is 16.3. The fraction of sp³-hybridized carbons (Fsp3) is 0.214. The lowest BCUT2D eigenvalue weighted by atomic mass is 10.1. The van der Waals surface area contributed by atoms with Gasteiger partial charge in [-0.1, -0.05) is 29.8 Å². The highest BCUT2D eigenvalue weighted by molar-refractivity contribution is 6.31. The maximum Gasteiger partial charge on any atom is 0.162 e. The molecule has 0 spiro atoms. The molecule has 1 heterocycles. The maximum atomic E-state index is 7.61. The SMILES string of the molecule is CC(c1ccccc1Cl)N(C)c1nnccc1C(=N)N. The monoisotopic (exact) mass is 289 g/mol. The van der Waals surface area contributed by atoms with Crippen LogP contribution in [-0.2, 0) is 0 Å². The molecule has 104 valence electrons. The van der Waals surface area contributed by atoms with E-state index < -0.39 is 0 Å². The summed E-state index contributed by atoms with van der Waals surface area (Å²) in [6.07, 6.45) is 1.52. The predicted octanol–water partition coefficient (Wildman–Crippen LogP) is 2.61. The first-order chi connectivity index (χ1) is 9.52. The van der Waals surface area contributed by atoms with Gasteiger partial charge in [-0.25, -0.2) is 0 Å². The lowest BCUT2D eigenvalue weighted by Crippen LogP contribution is -2.27. The van der Waals surface area contributed by atoms with Crippen molar-refractivity contribution in [2.45, 2.75) is 13.0 Å². The molecule has 5 nitrogen and oxygen atoms in total. The van der Waals surface area contributed by atoms with Crippen LogP contribution in [0.5, 0.6) is 0 Å². The zero-order valence-corrected chi connectivity index (χ0v) is 12.1. The van der Waals surface area contributed by atoms with Crippen LogP contribution in [0.2, 0.25) is 5.02 Å². The molecule has 2 rings (SSSR count). The van der Waals surface area contributed by atoms with E-state index in [-0.39, 0.29) is 11.9 Å². The minimum Gasteiger partial charge on any atom is -0.384 e. The highest BCUT2D eigenvalue weighted by Crippen LogP contribution is 2.29. The Balaban J connectivity index is 2.39. The molecule has 0 radical (unpaired) electrons. The van der Waals surface area contributed by atoms with Crippen LogP contribution in [0.3, 0.4) is 0 Å². The Morgan fingerprint density at radius 2 is 2.05 bits per heavy atom. The molecule has 1 aromatic heterocycles. The van der Waals surface area contributed by atoms with Crippen molar-refractivity contribution < 1.29 is 0 Å². The fourth-order valence-electron chi connectivity index (χ4n) is 2.00. The molecule has 2 aromatic rings.